The van der Waals surface area contributed by atoms with Crippen LogP contribution in [-0.4, -0.2) is 44.1 Å². The Morgan fingerprint density at radius 3 is 2.57 bits per heavy atom. The smallest absolute Gasteiger partial charge is 0.253 e. The zero-order valence-electron chi connectivity index (χ0n) is 12.2. The van der Waals surface area contributed by atoms with Gasteiger partial charge >= 0.3 is 0 Å². The van der Waals surface area contributed by atoms with E-state index in [-0.39, 0.29) is 5.91 Å². The van der Waals surface area contributed by atoms with Gasteiger partial charge in [-0.15, -0.1) is 5.10 Å². The maximum atomic E-state index is 12.7. The van der Waals surface area contributed by atoms with E-state index in [1.807, 2.05) is 30.0 Å². The van der Waals surface area contributed by atoms with Crippen LogP contribution in [0.5, 0.6) is 0 Å². The van der Waals surface area contributed by atoms with Gasteiger partial charge in [-0.2, -0.15) is 0 Å². The minimum absolute atomic E-state index is 0.103. The number of likely N-dealkylation sites (tertiary alicyclic amines) is 1. The lowest BCUT2D eigenvalue weighted by molar-refractivity contribution is 0.0761. The normalized spacial score (nSPS) is 15.8. The molecule has 1 aliphatic heterocycles. The third-order valence-corrected chi connectivity index (χ3v) is 3.95. The van der Waals surface area contributed by atoms with Crippen molar-refractivity contribution in [2.45, 2.75) is 32.6 Å². The van der Waals surface area contributed by atoms with Crippen LogP contribution >= 0.6 is 0 Å². The maximum absolute atomic E-state index is 12.7. The van der Waals surface area contributed by atoms with E-state index in [1.165, 1.54) is 12.8 Å². The van der Waals surface area contributed by atoms with Crippen LogP contribution in [0, 0.1) is 6.92 Å². The largest absolute Gasteiger partial charge is 0.339 e. The highest BCUT2D eigenvalue weighted by Gasteiger charge is 2.18. The number of hydrogen-bond donors (Lipinski definition) is 0. The molecule has 6 nitrogen and oxygen atoms in total. The first-order chi connectivity index (χ1) is 10.3. The number of hydrogen-bond acceptors (Lipinski definition) is 4. The van der Waals surface area contributed by atoms with E-state index in [9.17, 15) is 4.79 Å². The van der Waals surface area contributed by atoms with Crippen LogP contribution in [0.25, 0.3) is 5.69 Å². The number of nitrogens with zero attached hydrogens (tertiary/aromatic N) is 5. The average molecular weight is 285 g/mol. The molecule has 0 bridgehead atoms. The predicted octanol–water partition coefficient (Wildman–Crippen LogP) is 1.99. The summed E-state index contributed by atoms with van der Waals surface area (Å²) in [6, 6.07) is 5.71. The Morgan fingerprint density at radius 2 is 1.90 bits per heavy atom. The second-order valence-corrected chi connectivity index (χ2v) is 5.46. The molecule has 6 heteroatoms. The van der Waals surface area contributed by atoms with Gasteiger partial charge in [-0.05, 0) is 47.9 Å². The SMILES string of the molecule is Cc1ccc(C(=O)N2CCCCCC2)cc1-n1cnnn1. The van der Waals surface area contributed by atoms with Crippen molar-refractivity contribution in [1.82, 2.24) is 25.1 Å². The summed E-state index contributed by atoms with van der Waals surface area (Å²) in [5.41, 5.74) is 2.59. The van der Waals surface area contributed by atoms with E-state index in [1.54, 1.807) is 11.0 Å². The van der Waals surface area contributed by atoms with Gasteiger partial charge in [-0.25, -0.2) is 4.68 Å². The van der Waals surface area contributed by atoms with Crippen LogP contribution in [0.15, 0.2) is 24.5 Å². The van der Waals surface area contributed by atoms with E-state index in [0.29, 0.717) is 5.56 Å². The van der Waals surface area contributed by atoms with E-state index in [0.717, 1.165) is 37.2 Å². The molecule has 1 fully saturated rings. The molecule has 1 amide bonds. The van der Waals surface area contributed by atoms with Gasteiger partial charge in [0.05, 0.1) is 5.69 Å². The number of aromatic nitrogens is 4. The molecular weight excluding hydrogens is 266 g/mol. The fourth-order valence-corrected chi connectivity index (χ4v) is 2.72. The molecule has 2 aromatic rings. The molecule has 110 valence electrons. The van der Waals surface area contributed by atoms with Crippen molar-refractivity contribution in [3.8, 4) is 5.69 Å². The Morgan fingerprint density at radius 1 is 1.14 bits per heavy atom. The first-order valence-electron chi connectivity index (χ1n) is 7.39. The number of carbonyl (C=O) groups excluding carboxylic acids is 1. The minimum Gasteiger partial charge on any atom is -0.339 e. The summed E-state index contributed by atoms with van der Waals surface area (Å²) >= 11 is 0. The Kier molecular flexibility index (Phi) is 3.94. The van der Waals surface area contributed by atoms with Crippen molar-refractivity contribution in [3.05, 3.63) is 35.7 Å². The number of carbonyl (C=O) groups is 1. The van der Waals surface area contributed by atoms with Crippen molar-refractivity contribution >= 4 is 5.91 Å². The summed E-state index contributed by atoms with van der Waals surface area (Å²) in [5, 5.41) is 11.2. The molecule has 0 unspecified atom stereocenters. The predicted molar refractivity (Wildman–Crippen MR) is 78.3 cm³/mol. The Bertz CT molecular complexity index is 615. The van der Waals surface area contributed by atoms with E-state index in [4.69, 9.17) is 0 Å². The highest BCUT2D eigenvalue weighted by Crippen LogP contribution is 2.18. The molecule has 1 aromatic heterocycles. The summed E-state index contributed by atoms with van der Waals surface area (Å²) < 4.78 is 1.59. The zero-order valence-corrected chi connectivity index (χ0v) is 12.2. The molecular formula is C15H19N5O. The van der Waals surface area contributed by atoms with Crippen LogP contribution in [0.2, 0.25) is 0 Å². The summed E-state index contributed by atoms with van der Waals surface area (Å²) in [7, 11) is 0. The van der Waals surface area contributed by atoms with Gasteiger partial charge in [0.25, 0.3) is 5.91 Å². The van der Waals surface area contributed by atoms with Crippen molar-refractivity contribution < 1.29 is 4.79 Å². The topological polar surface area (TPSA) is 63.9 Å². The molecule has 0 atom stereocenters. The number of aryl methyl sites for hydroxylation is 1. The van der Waals surface area contributed by atoms with E-state index in [2.05, 4.69) is 15.5 Å². The summed E-state index contributed by atoms with van der Waals surface area (Å²) in [6.07, 6.45) is 6.17. The number of rotatable bonds is 2. The van der Waals surface area contributed by atoms with Crippen LogP contribution in [-0.2, 0) is 0 Å². The molecule has 21 heavy (non-hydrogen) atoms. The quantitative estimate of drug-likeness (QED) is 0.846. The molecule has 3 rings (SSSR count). The molecule has 1 aromatic carbocycles. The fraction of sp³-hybridized carbons (Fsp3) is 0.467. The van der Waals surface area contributed by atoms with Gasteiger partial charge in [0.1, 0.15) is 6.33 Å². The summed E-state index contributed by atoms with van der Waals surface area (Å²) in [4.78, 5) is 14.6. The molecule has 0 radical (unpaired) electrons. The lowest BCUT2D eigenvalue weighted by Crippen LogP contribution is -2.31. The van der Waals surface area contributed by atoms with E-state index < -0.39 is 0 Å². The molecule has 1 saturated heterocycles. The van der Waals surface area contributed by atoms with Crippen molar-refractivity contribution in [3.63, 3.8) is 0 Å². The Hall–Kier alpha value is -2.24. The van der Waals surface area contributed by atoms with Gasteiger partial charge in [0.15, 0.2) is 0 Å². The maximum Gasteiger partial charge on any atom is 0.253 e. The van der Waals surface area contributed by atoms with Gasteiger partial charge in [-0.1, -0.05) is 18.9 Å². The van der Waals surface area contributed by atoms with Crippen LogP contribution in [0.1, 0.15) is 41.6 Å². The Labute approximate surface area is 123 Å². The summed E-state index contributed by atoms with van der Waals surface area (Å²) in [6.45, 7) is 3.69. The monoisotopic (exact) mass is 285 g/mol. The van der Waals surface area contributed by atoms with Crippen LogP contribution in [0.3, 0.4) is 0 Å². The summed E-state index contributed by atoms with van der Waals surface area (Å²) in [5.74, 6) is 0.103. The van der Waals surface area contributed by atoms with Crippen molar-refractivity contribution in [1.29, 1.82) is 0 Å². The van der Waals surface area contributed by atoms with Gasteiger partial charge in [0.2, 0.25) is 0 Å². The second-order valence-electron chi connectivity index (χ2n) is 5.46. The van der Waals surface area contributed by atoms with Gasteiger partial charge in [0, 0.05) is 18.7 Å². The number of amides is 1. The lowest BCUT2D eigenvalue weighted by Gasteiger charge is -2.20. The minimum atomic E-state index is 0.103. The average Bonchev–Trinajstić information content (AvgIpc) is 2.89. The Balaban J connectivity index is 1.88. The molecule has 0 N–H and O–H groups in total. The standard InChI is InChI=1S/C15H19N5O/c1-12-6-7-13(10-14(12)20-11-16-17-18-20)15(21)19-8-4-2-3-5-9-19/h6-7,10-11H,2-5,8-9H2,1H3. The van der Waals surface area contributed by atoms with Gasteiger partial charge < -0.3 is 4.90 Å². The third-order valence-electron chi connectivity index (χ3n) is 3.95. The molecule has 1 aliphatic rings. The van der Waals surface area contributed by atoms with E-state index >= 15 is 0 Å². The molecule has 0 saturated carbocycles. The van der Waals surface area contributed by atoms with Gasteiger partial charge in [-0.3, -0.25) is 4.79 Å². The highest BCUT2D eigenvalue weighted by atomic mass is 16.2. The molecule has 0 aliphatic carbocycles. The molecule has 0 spiro atoms. The van der Waals surface area contributed by atoms with Crippen LogP contribution in [0.4, 0.5) is 0 Å². The second kappa shape index (κ2) is 6.03. The fourth-order valence-electron chi connectivity index (χ4n) is 2.72. The van der Waals surface area contributed by atoms with Crippen LogP contribution < -0.4 is 0 Å². The zero-order chi connectivity index (χ0) is 14.7. The lowest BCUT2D eigenvalue weighted by atomic mass is 10.1. The van der Waals surface area contributed by atoms with Crippen molar-refractivity contribution in [2.75, 3.05) is 13.1 Å². The first kappa shape index (κ1) is 13.7. The van der Waals surface area contributed by atoms with Crippen molar-refractivity contribution in [2.24, 2.45) is 0 Å². The first-order valence-corrected chi connectivity index (χ1v) is 7.39. The highest BCUT2D eigenvalue weighted by molar-refractivity contribution is 5.95. The number of tetrazole rings is 1. The third kappa shape index (κ3) is 2.94. The number of benzene rings is 1. The molecule has 2 heterocycles.